The molecule has 0 amide bonds. The summed E-state index contributed by atoms with van der Waals surface area (Å²) < 4.78 is 5.78. The minimum Gasteiger partial charge on any atom is -0.508 e. The summed E-state index contributed by atoms with van der Waals surface area (Å²) in [6.45, 7) is 0. The maximum absolute atomic E-state index is 12.6. The summed E-state index contributed by atoms with van der Waals surface area (Å²) in [6, 6.07) is 6.65. The molecule has 5 rings (SSSR count). The molecule has 0 spiro atoms. The van der Waals surface area contributed by atoms with E-state index in [0.717, 1.165) is 12.1 Å². The Bertz CT molecular complexity index is 1470. The molecule has 8 nitrogen and oxygen atoms in total. The lowest BCUT2D eigenvalue weighted by atomic mass is 9.92. The van der Waals surface area contributed by atoms with Gasteiger partial charge in [-0.25, -0.2) is 4.98 Å². The molecule has 4 N–H and O–H groups in total. The molecular weight excluding hydrogens is 414 g/mol. The van der Waals surface area contributed by atoms with Crippen LogP contribution in [0, 0.1) is 0 Å². The lowest BCUT2D eigenvalue weighted by molar-refractivity contribution is -0.110. The zero-order chi connectivity index (χ0) is 22.6. The normalized spacial score (nSPS) is 17.8. The fraction of sp³-hybridized carbons (Fsp3) is 0.0417. The first-order valence-corrected chi connectivity index (χ1v) is 9.57. The van der Waals surface area contributed by atoms with Crippen LogP contribution in [-0.2, 0) is 11.2 Å². The SMILES string of the molecule is O=C1C=CC(=C2Cc3nc4cc(-c5ccc(O)cc5O)c(=O)cc-4oc3C=C2O)C(O)=C1. The third-order valence-electron chi connectivity index (χ3n) is 5.31. The van der Waals surface area contributed by atoms with E-state index in [1.54, 1.807) is 0 Å². The van der Waals surface area contributed by atoms with Crippen LogP contribution in [0.15, 0.2) is 80.4 Å². The van der Waals surface area contributed by atoms with Crippen molar-refractivity contribution in [2.45, 2.75) is 6.42 Å². The van der Waals surface area contributed by atoms with E-state index in [1.165, 1.54) is 42.5 Å². The third kappa shape index (κ3) is 3.14. The van der Waals surface area contributed by atoms with Crippen LogP contribution >= 0.6 is 0 Å². The molecular formula is C24H15NO7. The molecule has 1 aliphatic heterocycles. The molecule has 32 heavy (non-hydrogen) atoms. The zero-order valence-electron chi connectivity index (χ0n) is 16.4. The molecule has 0 aromatic heterocycles. The van der Waals surface area contributed by atoms with Crippen molar-refractivity contribution in [1.29, 1.82) is 0 Å². The second-order valence-electron chi connectivity index (χ2n) is 7.41. The van der Waals surface area contributed by atoms with Crippen LogP contribution in [-0.4, -0.2) is 31.2 Å². The number of phenols is 2. The van der Waals surface area contributed by atoms with Crippen molar-refractivity contribution in [2.24, 2.45) is 0 Å². The molecule has 1 aromatic carbocycles. The molecule has 0 unspecified atom stereocenters. The van der Waals surface area contributed by atoms with Gasteiger partial charge < -0.3 is 24.8 Å². The fourth-order valence-electron chi connectivity index (χ4n) is 3.76. The number of aromatic hydroxyl groups is 2. The summed E-state index contributed by atoms with van der Waals surface area (Å²) in [7, 11) is 0. The molecule has 158 valence electrons. The van der Waals surface area contributed by atoms with Crippen molar-refractivity contribution < 1.29 is 29.6 Å². The number of nitrogens with zero attached hydrogens (tertiary/aromatic N) is 1. The summed E-state index contributed by atoms with van der Waals surface area (Å²) in [5, 5.41) is 40.3. The Labute approximate surface area is 180 Å². The van der Waals surface area contributed by atoms with Crippen molar-refractivity contribution >= 4 is 11.9 Å². The van der Waals surface area contributed by atoms with E-state index in [9.17, 15) is 30.0 Å². The van der Waals surface area contributed by atoms with Gasteiger partial charge in [0.2, 0.25) is 0 Å². The second-order valence-corrected chi connectivity index (χ2v) is 7.41. The molecule has 0 saturated heterocycles. The average molecular weight is 429 g/mol. The number of benzene rings is 2. The van der Waals surface area contributed by atoms with Gasteiger partial charge in [-0.3, -0.25) is 9.59 Å². The zero-order valence-corrected chi connectivity index (χ0v) is 16.4. The highest BCUT2D eigenvalue weighted by atomic mass is 16.3. The van der Waals surface area contributed by atoms with Crippen LogP contribution < -0.4 is 5.43 Å². The standard InChI is InChI=1S/C24H15NO7/c26-11-1-3-13(19(28)5-11)15-7-17-23(9-21(15)30)32-24-10-22(31)16(8-18(24)25-17)14-4-2-12(27)6-20(14)29/h1-7,9-10,26,28-29,31H,8H2. The molecule has 0 saturated carbocycles. The topological polar surface area (TPSA) is 141 Å². The minimum atomic E-state index is -0.414. The lowest BCUT2D eigenvalue weighted by Gasteiger charge is -2.20. The Balaban J connectivity index is 1.65. The number of carbonyl (C=O) groups is 1. The number of hydrogen-bond acceptors (Lipinski definition) is 8. The van der Waals surface area contributed by atoms with Gasteiger partial charge in [0.1, 0.15) is 28.7 Å². The van der Waals surface area contributed by atoms with Crippen LogP contribution in [0.5, 0.6) is 11.5 Å². The Kier molecular flexibility index (Phi) is 4.23. The molecule has 1 aromatic rings. The predicted octanol–water partition coefficient (Wildman–Crippen LogP) is 3.55. The summed E-state index contributed by atoms with van der Waals surface area (Å²) >= 11 is 0. The van der Waals surface area contributed by atoms with Gasteiger partial charge in [0.05, 0.1) is 5.69 Å². The fourth-order valence-corrected chi connectivity index (χ4v) is 3.76. The molecule has 3 aliphatic carbocycles. The summed E-state index contributed by atoms with van der Waals surface area (Å²) in [6.07, 6.45) is 5.23. The first-order chi connectivity index (χ1) is 15.3. The smallest absolute Gasteiger partial charge is 0.190 e. The Hall–Kier alpha value is -4.59. The number of phenolic OH excluding ortho intramolecular Hbond substituents is 2. The van der Waals surface area contributed by atoms with Crippen LogP contribution in [0.3, 0.4) is 0 Å². The number of allylic oxidation sites excluding steroid dienone is 4. The third-order valence-corrected chi connectivity index (χ3v) is 5.31. The number of fused-ring (bicyclic) bond motifs is 2. The van der Waals surface area contributed by atoms with Gasteiger partial charge in [0.25, 0.3) is 0 Å². The summed E-state index contributed by atoms with van der Waals surface area (Å²) in [4.78, 5) is 28.6. The Morgan fingerprint density at radius 2 is 1.69 bits per heavy atom. The van der Waals surface area contributed by atoms with E-state index in [-0.39, 0.29) is 57.9 Å². The molecule has 1 heterocycles. The molecule has 4 aliphatic rings. The van der Waals surface area contributed by atoms with Gasteiger partial charge in [-0.1, -0.05) is 0 Å². The second kappa shape index (κ2) is 6.98. The molecule has 0 radical (unpaired) electrons. The van der Waals surface area contributed by atoms with Crippen molar-refractivity contribution in [1.82, 2.24) is 4.98 Å². The molecule has 0 atom stereocenters. The van der Waals surface area contributed by atoms with Crippen molar-refractivity contribution in [3.63, 3.8) is 0 Å². The van der Waals surface area contributed by atoms with Gasteiger partial charge in [-0.15, -0.1) is 0 Å². The van der Waals surface area contributed by atoms with E-state index in [0.29, 0.717) is 22.5 Å². The van der Waals surface area contributed by atoms with Gasteiger partial charge in [-0.2, -0.15) is 0 Å². The van der Waals surface area contributed by atoms with Crippen molar-refractivity contribution in [2.75, 3.05) is 0 Å². The molecule has 0 bridgehead atoms. The van der Waals surface area contributed by atoms with Gasteiger partial charge in [0.15, 0.2) is 22.7 Å². The van der Waals surface area contributed by atoms with Crippen LogP contribution in [0.25, 0.3) is 28.7 Å². The highest BCUT2D eigenvalue weighted by Gasteiger charge is 2.26. The predicted molar refractivity (Wildman–Crippen MR) is 114 cm³/mol. The average Bonchev–Trinajstić information content (AvgIpc) is 2.72. The van der Waals surface area contributed by atoms with E-state index < -0.39 is 5.43 Å². The summed E-state index contributed by atoms with van der Waals surface area (Å²) in [5.41, 5.74) is 1.48. The lowest BCUT2D eigenvalue weighted by Crippen LogP contribution is -2.13. The summed E-state index contributed by atoms with van der Waals surface area (Å²) in [5.74, 6) is -0.690. The van der Waals surface area contributed by atoms with E-state index in [4.69, 9.17) is 4.42 Å². The van der Waals surface area contributed by atoms with Crippen molar-refractivity contribution in [3.8, 4) is 34.1 Å². The number of aliphatic hydroxyl groups is 2. The van der Waals surface area contributed by atoms with E-state index in [1.807, 2.05) is 0 Å². The van der Waals surface area contributed by atoms with Crippen LogP contribution in [0.4, 0.5) is 0 Å². The van der Waals surface area contributed by atoms with Crippen LogP contribution in [0.2, 0.25) is 0 Å². The number of ketones is 1. The molecule has 0 fully saturated rings. The van der Waals surface area contributed by atoms with Crippen LogP contribution in [0.1, 0.15) is 11.5 Å². The van der Waals surface area contributed by atoms with Gasteiger partial charge in [0, 0.05) is 53.0 Å². The first kappa shape index (κ1) is 19.4. The number of aliphatic hydroxyl groups excluding tert-OH is 2. The number of rotatable bonds is 1. The largest absolute Gasteiger partial charge is 0.508 e. The minimum absolute atomic E-state index is 0.113. The Morgan fingerprint density at radius 1 is 0.875 bits per heavy atom. The maximum atomic E-state index is 12.6. The highest BCUT2D eigenvalue weighted by Crippen LogP contribution is 2.36. The van der Waals surface area contributed by atoms with E-state index in [2.05, 4.69) is 4.98 Å². The van der Waals surface area contributed by atoms with E-state index >= 15 is 0 Å². The van der Waals surface area contributed by atoms with Crippen molar-refractivity contribution in [3.05, 3.63) is 92.9 Å². The highest BCUT2D eigenvalue weighted by molar-refractivity contribution is 6.02. The quantitative estimate of drug-likeness (QED) is 0.460. The van der Waals surface area contributed by atoms with Gasteiger partial charge >= 0.3 is 0 Å². The van der Waals surface area contributed by atoms with Gasteiger partial charge in [-0.05, 0) is 30.4 Å². The first-order valence-electron chi connectivity index (χ1n) is 9.57. The number of hydrogen-bond donors (Lipinski definition) is 4. The maximum Gasteiger partial charge on any atom is 0.190 e. The monoisotopic (exact) mass is 429 g/mol. The number of aromatic nitrogens is 1. The Morgan fingerprint density at radius 3 is 2.44 bits per heavy atom. The number of carbonyl (C=O) groups excluding carboxylic acids is 1. The molecule has 8 heteroatoms.